The first-order valence-electron chi connectivity index (χ1n) is 20.8. The zero-order chi connectivity index (χ0) is 45.8. The van der Waals surface area contributed by atoms with Crippen molar-refractivity contribution in [3.63, 3.8) is 0 Å². The van der Waals surface area contributed by atoms with E-state index in [2.05, 4.69) is 25.9 Å². The molecule has 0 fully saturated rings. The number of H-pyrrole nitrogens is 1. The highest BCUT2D eigenvalue weighted by molar-refractivity contribution is 6.13. The fourth-order valence-corrected chi connectivity index (χ4v) is 6.66. The second-order valence-corrected chi connectivity index (χ2v) is 16.3. The number of aliphatic hydroxyl groups is 4. The fourth-order valence-electron chi connectivity index (χ4n) is 6.66. The Labute approximate surface area is 362 Å². The summed E-state index contributed by atoms with van der Waals surface area (Å²) < 4.78 is 5.40. The lowest BCUT2D eigenvalue weighted by atomic mass is 9.85. The molecule has 62 heavy (non-hydrogen) atoms. The summed E-state index contributed by atoms with van der Waals surface area (Å²) in [6.07, 6.45) is -0.477. The molecule has 0 saturated carbocycles. The van der Waals surface area contributed by atoms with Crippen molar-refractivity contribution in [2.24, 2.45) is 23.5 Å². The van der Waals surface area contributed by atoms with Crippen LogP contribution in [0, 0.1) is 17.8 Å². The maximum Gasteiger partial charge on any atom is 0.408 e. The molecule has 0 aliphatic heterocycles. The number of ether oxygens (including phenoxy) is 1. The number of aromatic nitrogens is 2. The number of carbonyl (C=O) groups is 6. The number of aromatic amines is 1. The number of nitrogens with one attached hydrogen (secondary N) is 4. The normalized spacial score (nSPS) is 14.0. The predicted molar refractivity (Wildman–Crippen MR) is 227 cm³/mol. The van der Waals surface area contributed by atoms with Crippen LogP contribution in [0.4, 0.5) is 4.79 Å². The number of nitrogens with zero attached hydrogens (tertiary/aromatic N) is 2. The maximum absolute atomic E-state index is 14.8. The monoisotopic (exact) mass is 865 g/mol. The molecular weight excluding hydrogens is 803 g/mol. The Morgan fingerprint density at radius 1 is 0.806 bits per heavy atom. The highest BCUT2D eigenvalue weighted by Crippen LogP contribution is 2.25. The van der Waals surface area contributed by atoms with E-state index in [0.29, 0.717) is 22.4 Å². The molecule has 0 spiro atoms. The average Bonchev–Trinajstić information content (AvgIpc) is 3.77. The van der Waals surface area contributed by atoms with Crippen molar-refractivity contribution >= 4 is 35.6 Å². The van der Waals surface area contributed by atoms with Crippen LogP contribution in [0.1, 0.15) is 76.6 Å². The summed E-state index contributed by atoms with van der Waals surface area (Å²) in [6.45, 7) is 4.82. The SMILES string of the molecule is CC(C)C[C@H](N)[C@@H](O)C[C@H](C(=O)N(C(=O)CCCC(=O)NC(CO)(CO)CO)C(=O)[C@H](Cc1c[nH]cn1)NC(=O)[C@H](Cc1ccccc1)NC(=O)OCc1ccccc1)C(C)C. The lowest BCUT2D eigenvalue weighted by Gasteiger charge is -2.32. The number of imide groups is 3. The third kappa shape index (κ3) is 16.1. The van der Waals surface area contributed by atoms with E-state index in [1.807, 2.05) is 19.9 Å². The van der Waals surface area contributed by atoms with Crippen molar-refractivity contribution in [2.45, 2.75) is 109 Å². The molecule has 1 heterocycles. The predicted octanol–water partition coefficient (Wildman–Crippen LogP) is 1.26. The Morgan fingerprint density at radius 3 is 1.97 bits per heavy atom. The Kier molecular flexibility index (Phi) is 20.8. The first-order valence-corrected chi connectivity index (χ1v) is 20.8. The van der Waals surface area contributed by atoms with Crippen molar-refractivity contribution in [3.05, 3.63) is 90.0 Å². The van der Waals surface area contributed by atoms with Gasteiger partial charge in [-0.05, 0) is 42.2 Å². The van der Waals surface area contributed by atoms with Gasteiger partial charge in [0.15, 0.2) is 0 Å². The van der Waals surface area contributed by atoms with Gasteiger partial charge in [-0.3, -0.25) is 24.0 Å². The Bertz CT molecular complexity index is 1850. The maximum atomic E-state index is 14.8. The highest BCUT2D eigenvalue weighted by atomic mass is 16.5. The molecule has 0 bridgehead atoms. The van der Waals surface area contributed by atoms with E-state index in [1.54, 1.807) is 68.4 Å². The van der Waals surface area contributed by atoms with Gasteiger partial charge in [-0.25, -0.2) is 14.7 Å². The minimum atomic E-state index is -1.72. The van der Waals surface area contributed by atoms with Crippen molar-refractivity contribution < 1.29 is 53.9 Å². The third-order valence-electron chi connectivity index (χ3n) is 10.3. The summed E-state index contributed by atoms with van der Waals surface area (Å²) in [5, 5.41) is 47.6. The van der Waals surface area contributed by atoms with Gasteiger partial charge in [0.05, 0.1) is 37.9 Å². The molecule has 10 N–H and O–H groups in total. The van der Waals surface area contributed by atoms with E-state index in [4.69, 9.17) is 10.5 Å². The van der Waals surface area contributed by atoms with E-state index >= 15 is 0 Å². The lowest BCUT2D eigenvalue weighted by Crippen LogP contribution is -2.58. The van der Waals surface area contributed by atoms with Crippen LogP contribution < -0.4 is 21.7 Å². The number of aliphatic hydroxyl groups excluding tert-OH is 4. The molecule has 0 radical (unpaired) electrons. The number of rotatable bonds is 25. The van der Waals surface area contributed by atoms with E-state index < -0.39 is 103 Å². The minimum absolute atomic E-state index is 0.0336. The average molecular weight is 866 g/mol. The van der Waals surface area contributed by atoms with Crippen LogP contribution in [-0.4, -0.2) is 121 Å². The van der Waals surface area contributed by atoms with Crippen LogP contribution in [0.15, 0.2) is 73.2 Å². The number of imidazole rings is 1. The lowest BCUT2D eigenvalue weighted by molar-refractivity contribution is -0.159. The number of nitrogens with two attached hydrogens (primary N) is 1. The molecule has 340 valence electrons. The number of carbonyl (C=O) groups excluding carboxylic acids is 6. The number of amides is 6. The van der Waals surface area contributed by atoms with Gasteiger partial charge in [-0.15, -0.1) is 0 Å². The van der Waals surface area contributed by atoms with Gasteiger partial charge < -0.3 is 51.8 Å². The van der Waals surface area contributed by atoms with Crippen molar-refractivity contribution in [2.75, 3.05) is 19.8 Å². The second kappa shape index (κ2) is 25.4. The number of benzene rings is 2. The van der Waals surface area contributed by atoms with Crippen LogP contribution in [0.3, 0.4) is 0 Å². The van der Waals surface area contributed by atoms with Gasteiger partial charge in [0.2, 0.25) is 23.6 Å². The summed E-state index contributed by atoms with van der Waals surface area (Å²) in [7, 11) is 0. The molecule has 18 nitrogen and oxygen atoms in total. The molecule has 3 rings (SSSR count). The molecule has 3 aromatic rings. The molecule has 18 heteroatoms. The molecule has 0 unspecified atom stereocenters. The molecule has 0 saturated heterocycles. The van der Waals surface area contributed by atoms with Crippen molar-refractivity contribution in [3.8, 4) is 0 Å². The van der Waals surface area contributed by atoms with Crippen molar-refractivity contribution in [1.29, 1.82) is 0 Å². The van der Waals surface area contributed by atoms with E-state index in [9.17, 15) is 49.2 Å². The van der Waals surface area contributed by atoms with Crippen molar-refractivity contribution in [1.82, 2.24) is 30.8 Å². The van der Waals surface area contributed by atoms with Gasteiger partial charge in [0.25, 0.3) is 5.91 Å². The Balaban J connectivity index is 1.99. The summed E-state index contributed by atoms with van der Waals surface area (Å²) >= 11 is 0. The topological polar surface area (TPSA) is 287 Å². The van der Waals surface area contributed by atoms with Gasteiger partial charge in [0, 0.05) is 43.8 Å². The summed E-state index contributed by atoms with van der Waals surface area (Å²) in [6, 6.07) is 14.0. The first-order chi connectivity index (χ1) is 29.5. The fraction of sp³-hybridized carbons (Fsp3) is 0.523. The third-order valence-corrected chi connectivity index (χ3v) is 10.3. The molecule has 1 aromatic heterocycles. The summed E-state index contributed by atoms with van der Waals surface area (Å²) in [5.41, 5.74) is 6.21. The summed E-state index contributed by atoms with van der Waals surface area (Å²) in [4.78, 5) is 91.2. The molecule has 0 aliphatic carbocycles. The van der Waals surface area contributed by atoms with E-state index in [-0.39, 0.29) is 50.3 Å². The van der Waals surface area contributed by atoms with Crippen LogP contribution in [0.25, 0.3) is 0 Å². The van der Waals surface area contributed by atoms with Gasteiger partial charge >= 0.3 is 6.09 Å². The standard InChI is InChI=1S/C44H63N7O11/c1-28(2)18-34(45)37(55)21-33(29(3)4)41(59)51(39(57)17-11-16-38(56)50-44(24-52,25-53)26-54)42(60)36(20-32-22-46-27-47-32)48-40(58)35(19-30-12-7-5-8-13-30)49-43(61)62-23-31-14-9-6-10-15-31/h5-10,12-15,22,27-29,33-37,52-55H,11,16-21,23-26,45H2,1-4H3,(H,46,47)(H,48,58)(H,49,61)(H,50,56)/t33-,34-,35-,36-,37-/m0/s1. The van der Waals surface area contributed by atoms with E-state index in [1.165, 1.54) is 12.5 Å². The minimum Gasteiger partial charge on any atom is -0.445 e. The van der Waals surface area contributed by atoms with Crippen LogP contribution in [-0.2, 0) is 48.2 Å². The van der Waals surface area contributed by atoms with Gasteiger partial charge in [-0.1, -0.05) is 88.4 Å². The Hall–Kier alpha value is -5.53. The number of hydrogen-bond acceptors (Lipinski definition) is 13. The quantitative estimate of drug-likeness (QED) is 0.0581. The van der Waals surface area contributed by atoms with Gasteiger partial charge in [-0.2, -0.15) is 0 Å². The number of alkyl carbamates (subject to hydrolysis) is 1. The second-order valence-electron chi connectivity index (χ2n) is 16.3. The molecule has 0 aliphatic rings. The van der Waals surface area contributed by atoms with Crippen LogP contribution >= 0.6 is 0 Å². The molecule has 2 aromatic carbocycles. The smallest absolute Gasteiger partial charge is 0.408 e. The molecule has 5 atom stereocenters. The zero-order valence-electron chi connectivity index (χ0n) is 35.9. The number of hydrogen-bond donors (Lipinski definition) is 9. The first kappa shape index (κ1) is 50.8. The molecule has 6 amide bonds. The van der Waals surface area contributed by atoms with Crippen LogP contribution in [0.2, 0.25) is 0 Å². The zero-order valence-corrected chi connectivity index (χ0v) is 35.9. The van der Waals surface area contributed by atoms with Gasteiger partial charge in [0.1, 0.15) is 24.2 Å². The molecular formula is C44H63N7O11. The Morgan fingerprint density at radius 2 is 1.42 bits per heavy atom. The largest absolute Gasteiger partial charge is 0.445 e. The van der Waals surface area contributed by atoms with Crippen LogP contribution in [0.5, 0.6) is 0 Å². The summed E-state index contributed by atoms with van der Waals surface area (Å²) in [5.74, 6) is -6.16. The van der Waals surface area contributed by atoms with E-state index in [0.717, 1.165) is 0 Å². The highest BCUT2D eigenvalue weighted by Gasteiger charge is 2.41.